The van der Waals surface area contributed by atoms with Crippen molar-refractivity contribution in [2.45, 2.75) is 32.6 Å². The molecule has 0 aliphatic carbocycles. The number of hydrogen-bond acceptors (Lipinski definition) is 3. The number of nitrogens with zero attached hydrogens (tertiary/aromatic N) is 1. The minimum Gasteiger partial charge on any atom is -0.461 e. The molecule has 1 heterocycles. The Morgan fingerprint density at radius 3 is 3.00 bits per heavy atom. The maximum absolute atomic E-state index is 11.7. The van der Waals surface area contributed by atoms with Crippen molar-refractivity contribution in [2.75, 3.05) is 13.2 Å². The lowest BCUT2D eigenvalue weighted by Crippen LogP contribution is -2.16. The number of carbonyl (C=O) groups excluding carboxylic acids is 1. The first-order valence-electron chi connectivity index (χ1n) is 5.92. The standard InChI is InChI=1S/C13H18BrNO2/c1-3-17-13(16)12-9-11(14)10(2)7-5-4-6-8-15-12/h9H,2-8H2,1H3/b11-9+,15-12+. The molecule has 1 aliphatic rings. The van der Waals surface area contributed by atoms with Crippen LogP contribution in [0.25, 0.3) is 0 Å². The summed E-state index contributed by atoms with van der Waals surface area (Å²) in [4.78, 5) is 15.9. The predicted octanol–water partition coefficient (Wildman–Crippen LogP) is 3.40. The first kappa shape index (κ1) is 14.2. The average Bonchev–Trinajstić information content (AvgIpc) is 2.31. The molecule has 0 aromatic heterocycles. The summed E-state index contributed by atoms with van der Waals surface area (Å²) in [5.41, 5.74) is 1.38. The van der Waals surface area contributed by atoms with Gasteiger partial charge in [0, 0.05) is 11.0 Å². The molecular weight excluding hydrogens is 282 g/mol. The first-order chi connectivity index (χ1) is 8.15. The molecule has 0 radical (unpaired) electrons. The summed E-state index contributed by atoms with van der Waals surface area (Å²) in [5.74, 6) is -0.363. The van der Waals surface area contributed by atoms with Crippen LogP contribution in [0, 0.1) is 0 Å². The molecule has 1 rings (SSSR count). The van der Waals surface area contributed by atoms with Gasteiger partial charge in [0.25, 0.3) is 0 Å². The molecular formula is C13H18BrNO2. The van der Waals surface area contributed by atoms with Crippen molar-refractivity contribution in [3.8, 4) is 0 Å². The second-order valence-electron chi connectivity index (χ2n) is 3.89. The summed E-state index contributed by atoms with van der Waals surface area (Å²) < 4.78 is 5.81. The minimum atomic E-state index is -0.363. The van der Waals surface area contributed by atoms with Crippen LogP contribution in [0.3, 0.4) is 0 Å². The monoisotopic (exact) mass is 299 g/mol. The van der Waals surface area contributed by atoms with Gasteiger partial charge in [0.2, 0.25) is 0 Å². The van der Waals surface area contributed by atoms with E-state index in [1.165, 1.54) is 0 Å². The van der Waals surface area contributed by atoms with Gasteiger partial charge in [0.05, 0.1) is 6.61 Å². The van der Waals surface area contributed by atoms with Gasteiger partial charge in [-0.05, 0) is 37.8 Å². The van der Waals surface area contributed by atoms with Crippen LogP contribution >= 0.6 is 15.9 Å². The third kappa shape index (κ3) is 4.86. The molecule has 0 saturated carbocycles. The van der Waals surface area contributed by atoms with Crippen molar-refractivity contribution in [3.63, 3.8) is 0 Å². The molecule has 3 nitrogen and oxygen atoms in total. The normalized spacial score (nSPS) is 24.2. The highest BCUT2D eigenvalue weighted by Gasteiger charge is 2.12. The van der Waals surface area contributed by atoms with Gasteiger partial charge in [-0.15, -0.1) is 0 Å². The zero-order valence-corrected chi connectivity index (χ0v) is 11.8. The maximum Gasteiger partial charge on any atom is 0.356 e. The number of hydrogen-bond donors (Lipinski definition) is 0. The van der Waals surface area contributed by atoms with Crippen molar-refractivity contribution in [2.24, 2.45) is 4.99 Å². The fourth-order valence-electron chi connectivity index (χ4n) is 1.54. The molecule has 0 unspecified atom stereocenters. The number of carbonyl (C=O) groups is 1. The Morgan fingerprint density at radius 1 is 1.53 bits per heavy atom. The number of allylic oxidation sites excluding steroid dienone is 2. The number of aliphatic imine (C=N–C) groups is 1. The Balaban J connectivity index is 2.88. The van der Waals surface area contributed by atoms with Crippen molar-refractivity contribution in [1.82, 2.24) is 0 Å². The van der Waals surface area contributed by atoms with Crippen molar-refractivity contribution < 1.29 is 9.53 Å². The summed E-state index contributed by atoms with van der Waals surface area (Å²) in [5, 5.41) is 0. The number of halogens is 1. The molecule has 0 saturated heterocycles. The number of esters is 1. The molecule has 0 N–H and O–H groups in total. The van der Waals surface area contributed by atoms with Crippen LogP contribution in [0.1, 0.15) is 32.6 Å². The lowest BCUT2D eigenvalue weighted by Gasteiger charge is -2.09. The zero-order chi connectivity index (χ0) is 12.7. The van der Waals surface area contributed by atoms with E-state index in [4.69, 9.17) is 4.74 Å². The summed E-state index contributed by atoms with van der Waals surface area (Å²) in [6.07, 6.45) is 5.89. The topological polar surface area (TPSA) is 38.7 Å². The van der Waals surface area contributed by atoms with E-state index >= 15 is 0 Å². The van der Waals surface area contributed by atoms with Crippen LogP contribution < -0.4 is 0 Å². The number of ether oxygens (including phenoxy) is 1. The highest BCUT2D eigenvalue weighted by Crippen LogP contribution is 2.22. The number of rotatable bonds is 2. The Hall–Kier alpha value is -0.900. The van der Waals surface area contributed by atoms with Crippen molar-refractivity contribution in [3.05, 3.63) is 22.7 Å². The summed E-state index contributed by atoms with van der Waals surface area (Å²) in [6, 6.07) is 0. The molecule has 0 fully saturated rings. The highest BCUT2D eigenvalue weighted by molar-refractivity contribution is 9.12. The van der Waals surface area contributed by atoms with E-state index in [9.17, 15) is 4.79 Å². The van der Waals surface area contributed by atoms with Crippen LogP contribution in [0.2, 0.25) is 0 Å². The second-order valence-corrected chi connectivity index (χ2v) is 4.75. The maximum atomic E-state index is 11.7. The molecule has 0 amide bonds. The fraction of sp³-hybridized carbons (Fsp3) is 0.538. The fourth-order valence-corrected chi connectivity index (χ4v) is 1.96. The van der Waals surface area contributed by atoms with E-state index in [1.807, 2.05) is 0 Å². The summed E-state index contributed by atoms with van der Waals surface area (Å²) >= 11 is 3.43. The van der Waals surface area contributed by atoms with Gasteiger partial charge in [-0.25, -0.2) is 4.79 Å². The van der Waals surface area contributed by atoms with Crippen LogP contribution in [-0.4, -0.2) is 24.8 Å². The average molecular weight is 300 g/mol. The molecule has 0 atom stereocenters. The molecule has 17 heavy (non-hydrogen) atoms. The Bertz CT molecular complexity index is 358. The Morgan fingerprint density at radius 2 is 2.29 bits per heavy atom. The van der Waals surface area contributed by atoms with E-state index in [-0.39, 0.29) is 5.97 Å². The van der Waals surface area contributed by atoms with Gasteiger partial charge in [0.1, 0.15) is 5.71 Å². The molecule has 4 heteroatoms. The molecule has 0 bridgehead atoms. The first-order valence-corrected chi connectivity index (χ1v) is 6.71. The highest BCUT2D eigenvalue weighted by atomic mass is 79.9. The van der Waals surface area contributed by atoms with Crippen LogP contribution in [0.4, 0.5) is 0 Å². The van der Waals surface area contributed by atoms with Gasteiger partial charge in [-0.3, -0.25) is 4.99 Å². The molecule has 1 aliphatic heterocycles. The van der Waals surface area contributed by atoms with Gasteiger partial charge in [0.15, 0.2) is 0 Å². The van der Waals surface area contributed by atoms with E-state index in [2.05, 4.69) is 27.5 Å². The van der Waals surface area contributed by atoms with Crippen LogP contribution in [-0.2, 0) is 9.53 Å². The lowest BCUT2D eigenvalue weighted by atomic mass is 10.1. The van der Waals surface area contributed by atoms with Gasteiger partial charge in [-0.1, -0.05) is 28.9 Å². The Labute approximate surface area is 111 Å². The third-order valence-corrected chi connectivity index (χ3v) is 3.29. The van der Waals surface area contributed by atoms with E-state index in [0.29, 0.717) is 18.9 Å². The van der Waals surface area contributed by atoms with Crippen LogP contribution in [0.15, 0.2) is 27.7 Å². The summed E-state index contributed by atoms with van der Waals surface area (Å²) in [7, 11) is 0. The quantitative estimate of drug-likeness (QED) is 0.733. The Kier molecular flexibility index (Phi) is 6.19. The summed E-state index contributed by atoms with van der Waals surface area (Å²) in [6.45, 7) is 6.82. The predicted molar refractivity (Wildman–Crippen MR) is 73.6 cm³/mol. The van der Waals surface area contributed by atoms with Crippen molar-refractivity contribution >= 4 is 27.6 Å². The SMILES string of the molecule is C=C1CCCCC/N=C(C(=O)OCC)\C=C/1Br. The van der Waals surface area contributed by atoms with Gasteiger partial charge in [-0.2, -0.15) is 0 Å². The largest absolute Gasteiger partial charge is 0.461 e. The lowest BCUT2D eigenvalue weighted by molar-refractivity contribution is -0.134. The molecule has 0 aromatic rings. The zero-order valence-electron chi connectivity index (χ0n) is 10.2. The van der Waals surface area contributed by atoms with Gasteiger partial charge >= 0.3 is 5.97 Å². The smallest absolute Gasteiger partial charge is 0.356 e. The molecule has 0 aromatic carbocycles. The second kappa shape index (κ2) is 7.43. The van der Waals surface area contributed by atoms with Gasteiger partial charge < -0.3 is 4.74 Å². The van der Waals surface area contributed by atoms with E-state index < -0.39 is 0 Å². The van der Waals surface area contributed by atoms with E-state index in [0.717, 1.165) is 35.7 Å². The molecule has 94 valence electrons. The van der Waals surface area contributed by atoms with Crippen molar-refractivity contribution in [1.29, 1.82) is 0 Å². The van der Waals surface area contributed by atoms with Crippen LogP contribution in [0.5, 0.6) is 0 Å². The van der Waals surface area contributed by atoms with E-state index in [1.54, 1.807) is 13.0 Å². The minimum absolute atomic E-state index is 0.363. The third-order valence-electron chi connectivity index (χ3n) is 2.50. The molecule has 0 spiro atoms.